The average Bonchev–Trinajstić information content (AvgIpc) is 3.10. The lowest BCUT2D eigenvalue weighted by molar-refractivity contribution is 0.0948. The first-order valence-electron chi connectivity index (χ1n) is 8.89. The number of fused-ring (bicyclic) bond motifs is 1. The van der Waals surface area contributed by atoms with Crippen molar-refractivity contribution < 1.29 is 4.79 Å². The fourth-order valence-corrected chi connectivity index (χ4v) is 3.75. The minimum atomic E-state index is -0.372. The molecule has 144 valence electrons. The van der Waals surface area contributed by atoms with Crippen molar-refractivity contribution in [2.45, 2.75) is 6.54 Å². The number of hydrazone groups is 1. The highest BCUT2D eigenvalue weighted by Crippen LogP contribution is 2.18. The number of aromatic nitrogens is 2. The summed E-state index contributed by atoms with van der Waals surface area (Å²) in [5.41, 5.74) is 4.87. The van der Waals surface area contributed by atoms with Crippen molar-refractivity contribution in [3.63, 3.8) is 0 Å². The summed E-state index contributed by atoms with van der Waals surface area (Å²) in [4.78, 5) is 12.5. The lowest BCUT2D eigenvalue weighted by Gasteiger charge is -2.02. The first-order chi connectivity index (χ1) is 14.1. The third-order valence-electron chi connectivity index (χ3n) is 4.38. The summed E-state index contributed by atoms with van der Waals surface area (Å²) in [7, 11) is 0. The van der Waals surface area contributed by atoms with Gasteiger partial charge in [0.05, 0.1) is 17.2 Å². The van der Waals surface area contributed by atoms with E-state index in [-0.39, 0.29) is 11.6 Å². The van der Waals surface area contributed by atoms with E-state index in [1.807, 2.05) is 66.7 Å². The van der Waals surface area contributed by atoms with Gasteiger partial charge in [0.2, 0.25) is 0 Å². The molecule has 4 aromatic rings. The number of hydrogen-bond acceptors (Lipinski definition) is 3. The second-order valence-electron chi connectivity index (χ2n) is 6.42. The van der Waals surface area contributed by atoms with Crippen LogP contribution in [0.1, 0.15) is 21.6 Å². The first-order valence-corrected chi connectivity index (χ1v) is 10.5. The molecule has 7 heteroatoms. The Morgan fingerprint density at radius 2 is 1.79 bits per heavy atom. The van der Waals surface area contributed by atoms with Crippen LogP contribution in [0.2, 0.25) is 0 Å². The van der Waals surface area contributed by atoms with Crippen LogP contribution >= 0.6 is 31.9 Å². The smallest absolute Gasteiger partial charge is 0.266 e. The van der Waals surface area contributed by atoms with Gasteiger partial charge < -0.3 is 0 Å². The van der Waals surface area contributed by atoms with Crippen LogP contribution in [0.5, 0.6) is 0 Å². The maximum atomic E-state index is 12.5. The fourth-order valence-electron chi connectivity index (χ4n) is 2.99. The normalized spacial score (nSPS) is 11.2. The molecule has 4 rings (SSSR count). The number of benzene rings is 3. The molecule has 0 fully saturated rings. The number of carbonyl (C=O) groups excluding carboxylic acids is 1. The zero-order valence-corrected chi connectivity index (χ0v) is 18.4. The molecule has 0 unspecified atom stereocenters. The van der Waals surface area contributed by atoms with Crippen molar-refractivity contribution in [2.24, 2.45) is 5.10 Å². The van der Waals surface area contributed by atoms with E-state index in [1.54, 1.807) is 17.1 Å². The molecule has 0 spiro atoms. The summed E-state index contributed by atoms with van der Waals surface area (Å²) in [5, 5.41) is 10.7. The molecule has 0 bridgehead atoms. The van der Waals surface area contributed by atoms with Crippen LogP contribution < -0.4 is 5.43 Å². The Balaban J connectivity index is 1.46. The van der Waals surface area contributed by atoms with Gasteiger partial charge in [0.25, 0.3) is 5.91 Å². The number of halogens is 2. The molecule has 1 N–H and O–H groups in total. The van der Waals surface area contributed by atoms with Crippen molar-refractivity contribution in [3.8, 4) is 0 Å². The zero-order valence-electron chi connectivity index (χ0n) is 15.2. The predicted molar refractivity (Wildman–Crippen MR) is 122 cm³/mol. The number of hydrogen-bond donors (Lipinski definition) is 1. The number of nitrogens with zero attached hydrogens (tertiary/aromatic N) is 3. The van der Waals surface area contributed by atoms with E-state index < -0.39 is 0 Å². The molecule has 0 saturated heterocycles. The lowest BCUT2D eigenvalue weighted by atomic mass is 10.1. The second kappa shape index (κ2) is 8.71. The van der Waals surface area contributed by atoms with Gasteiger partial charge in [-0.2, -0.15) is 10.2 Å². The summed E-state index contributed by atoms with van der Waals surface area (Å²) in [6.45, 7) is 0.568. The molecular formula is C22H16Br2N4O. The van der Waals surface area contributed by atoms with Crippen molar-refractivity contribution in [2.75, 3.05) is 0 Å². The molecular weight excluding hydrogens is 496 g/mol. The summed E-state index contributed by atoms with van der Waals surface area (Å²) in [5.74, 6) is -0.372. The molecule has 0 atom stereocenters. The summed E-state index contributed by atoms with van der Waals surface area (Å²) in [6.07, 6.45) is 3.43. The van der Waals surface area contributed by atoms with Crippen LogP contribution in [0.25, 0.3) is 10.8 Å². The predicted octanol–water partition coefficient (Wildman–Crippen LogP) is 5.37. The molecule has 0 aliphatic heterocycles. The highest BCUT2D eigenvalue weighted by molar-refractivity contribution is 9.10. The van der Waals surface area contributed by atoms with Crippen molar-refractivity contribution in [1.82, 2.24) is 15.2 Å². The topological polar surface area (TPSA) is 59.3 Å². The molecule has 1 aromatic heterocycles. The Kier molecular flexibility index (Phi) is 5.87. The highest BCUT2D eigenvalue weighted by Gasteiger charge is 2.15. The van der Waals surface area contributed by atoms with Gasteiger partial charge in [-0.05, 0) is 44.4 Å². The Labute approximate surface area is 184 Å². The number of amides is 1. The van der Waals surface area contributed by atoms with Crippen molar-refractivity contribution in [3.05, 3.63) is 98.7 Å². The zero-order chi connectivity index (χ0) is 20.2. The van der Waals surface area contributed by atoms with Crippen LogP contribution in [-0.2, 0) is 6.54 Å². The third kappa shape index (κ3) is 4.63. The maximum absolute atomic E-state index is 12.5. The minimum absolute atomic E-state index is 0.289. The summed E-state index contributed by atoms with van der Waals surface area (Å²) >= 11 is 6.83. The van der Waals surface area contributed by atoms with Gasteiger partial charge >= 0.3 is 0 Å². The third-order valence-corrected chi connectivity index (χ3v) is 5.49. The Hall–Kier alpha value is -2.77. The standard InChI is InChI=1S/C22H16Br2N4O/c23-18-10-8-15(9-11-18)13-28-14-20(24)21(27-28)22(29)26-25-12-17-6-3-5-16-4-1-2-7-19(16)17/h1-12,14H,13H2,(H,26,29)/b25-12+. The van der Waals surface area contributed by atoms with Crippen LogP contribution in [0.15, 0.2) is 87.0 Å². The van der Waals surface area contributed by atoms with Crippen LogP contribution in [0.4, 0.5) is 0 Å². The Morgan fingerprint density at radius 3 is 2.62 bits per heavy atom. The molecule has 1 amide bonds. The SMILES string of the molecule is O=C(N/N=C/c1cccc2ccccc12)c1nn(Cc2ccc(Br)cc2)cc1Br. The molecule has 1 heterocycles. The summed E-state index contributed by atoms with van der Waals surface area (Å²) in [6, 6.07) is 22.0. The van der Waals surface area contributed by atoms with E-state index in [4.69, 9.17) is 0 Å². The van der Waals surface area contributed by atoms with E-state index >= 15 is 0 Å². The molecule has 0 saturated carbocycles. The number of carbonyl (C=O) groups is 1. The number of rotatable bonds is 5. The van der Waals surface area contributed by atoms with E-state index in [2.05, 4.69) is 47.5 Å². The van der Waals surface area contributed by atoms with Gasteiger partial charge in [0, 0.05) is 16.2 Å². The molecule has 3 aromatic carbocycles. The monoisotopic (exact) mass is 510 g/mol. The van der Waals surface area contributed by atoms with Gasteiger partial charge in [-0.25, -0.2) is 5.43 Å². The lowest BCUT2D eigenvalue weighted by Crippen LogP contribution is -2.19. The Morgan fingerprint density at radius 1 is 1.03 bits per heavy atom. The van der Waals surface area contributed by atoms with Gasteiger partial charge in [0.15, 0.2) is 5.69 Å². The molecule has 0 aliphatic rings. The quantitative estimate of drug-likeness (QED) is 0.289. The first kappa shape index (κ1) is 19.5. The highest BCUT2D eigenvalue weighted by atomic mass is 79.9. The molecule has 0 aliphatic carbocycles. The van der Waals surface area contributed by atoms with E-state index in [9.17, 15) is 4.79 Å². The van der Waals surface area contributed by atoms with Crippen LogP contribution in [-0.4, -0.2) is 21.9 Å². The molecule has 29 heavy (non-hydrogen) atoms. The van der Waals surface area contributed by atoms with Crippen molar-refractivity contribution in [1.29, 1.82) is 0 Å². The average molecular weight is 512 g/mol. The molecule has 0 radical (unpaired) electrons. The van der Waals surface area contributed by atoms with E-state index in [0.29, 0.717) is 11.0 Å². The second-order valence-corrected chi connectivity index (χ2v) is 8.19. The largest absolute Gasteiger partial charge is 0.293 e. The molecule has 5 nitrogen and oxygen atoms in total. The fraction of sp³-hybridized carbons (Fsp3) is 0.0455. The Bertz CT molecular complexity index is 1190. The van der Waals surface area contributed by atoms with Gasteiger partial charge in [-0.15, -0.1) is 0 Å². The van der Waals surface area contributed by atoms with Crippen LogP contribution in [0, 0.1) is 0 Å². The van der Waals surface area contributed by atoms with Gasteiger partial charge in [0.1, 0.15) is 0 Å². The maximum Gasteiger partial charge on any atom is 0.293 e. The van der Waals surface area contributed by atoms with Gasteiger partial charge in [-0.3, -0.25) is 9.48 Å². The van der Waals surface area contributed by atoms with Gasteiger partial charge in [-0.1, -0.05) is 70.5 Å². The van der Waals surface area contributed by atoms with Crippen molar-refractivity contribution >= 4 is 54.8 Å². The van der Waals surface area contributed by atoms with Crippen LogP contribution in [0.3, 0.4) is 0 Å². The van der Waals surface area contributed by atoms with E-state index in [0.717, 1.165) is 26.4 Å². The number of nitrogens with one attached hydrogen (secondary N) is 1. The summed E-state index contributed by atoms with van der Waals surface area (Å²) < 4.78 is 3.36. The minimum Gasteiger partial charge on any atom is -0.266 e. The van der Waals surface area contributed by atoms with E-state index in [1.165, 1.54) is 0 Å².